The summed E-state index contributed by atoms with van der Waals surface area (Å²) in [6.45, 7) is 3.57. The number of hydrogen-bond donors (Lipinski definition) is 0. The van der Waals surface area contributed by atoms with E-state index in [9.17, 15) is 4.79 Å². The molecule has 0 bridgehead atoms. The maximum atomic E-state index is 11.9. The molecule has 0 atom stereocenters. The number of carbonyl (C=O) groups excluding carboxylic acids is 1. The Balaban J connectivity index is 2.11. The topological polar surface area (TPSA) is 20.3 Å². The lowest BCUT2D eigenvalue weighted by molar-refractivity contribution is 0.0798. The van der Waals surface area contributed by atoms with Crippen LogP contribution in [0.15, 0.2) is 42.0 Å². The first kappa shape index (κ1) is 9.00. The third-order valence-electron chi connectivity index (χ3n) is 2.41. The van der Waals surface area contributed by atoms with Crippen LogP contribution in [0.25, 0.3) is 0 Å². The highest BCUT2D eigenvalue weighted by Gasteiger charge is 2.18. The Bertz CT molecular complexity index is 367. The van der Waals surface area contributed by atoms with Gasteiger partial charge in [-0.15, -0.1) is 0 Å². The Hall–Kier alpha value is -1.57. The lowest BCUT2D eigenvalue weighted by Gasteiger charge is -2.15. The van der Waals surface area contributed by atoms with Gasteiger partial charge in [0.1, 0.15) is 0 Å². The lowest BCUT2D eigenvalue weighted by atomic mass is 10.2. The average molecular weight is 187 g/mol. The van der Waals surface area contributed by atoms with Crippen LogP contribution >= 0.6 is 0 Å². The fourth-order valence-corrected chi connectivity index (χ4v) is 1.61. The number of amides is 1. The Kier molecular flexibility index (Phi) is 2.35. The Morgan fingerprint density at radius 2 is 2.00 bits per heavy atom. The van der Waals surface area contributed by atoms with E-state index < -0.39 is 0 Å². The number of nitrogens with zero attached hydrogens (tertiary/aromatic N) is 1. The molecule has 0 unspecified atom stereocenters. The van der Waals surface area contributed by atoms with Gasteiger partial charge in [0.25, 0.3) is 5.91 Å². The molecule has 0 N–H and O–H groups in total. The predicted octanol–water partition coefficient (Wildman–Crippen LogP) is 2.09. The van der Waals surface area contributed by atoms with Crippen molar-refractivity contribution in [3.63, 3.8) is 0 Å². The van der Waals surface area contributed by atoms with Gasteiger partial charge in [0.05, 0.1) is 0 Å². The molecule has 14 heavy (non-hydrogen) atoms. The van der Waals surface area contributed by atoms with Crippen LogP contribution in [0, 0.1) is 0 Å². The quantitative estimate of drug-likeness (QED) is 0.616. The van der Waals surface area contributed by atoms with Crippen LogP contribution in [0.5, 0.6) is 0 Å². The summed E-state index contributed by atoms with van der Waals surface area (Å²) in [6.07, 6.45) is 2.10. The third-order valence-corrected chi connectivity index (χ3v) is 2.41. The molecule has 0 radical (unpaired) electrons. The van der Waals surface area contributed by atoms with E-state index >= 15 is 0 Å². The largest absolute Gasteiger partial charge is 0.331 e. The van der Waals surface area contributed by atoms with Crippen molar-refractivity contribution >= 4 is 5.91 Å². The van der Waals surface area contributed by atoms with E-state index in [-0.39, 0.29) is 5.91 Å². The Morgan fingerprint density at radius 1 is 1.29 bits per heavy atom. The summed E-state index contributed by atoms with van der Waals surface area (Å²) in [5.41, 5.74) is 2.05. The average Bonchev–Trinajstić information content (AvgIpc) is 2.65. The summed E-state index contributed by atoms with van der Waals surface area (Å²) < 4.78 is 0. The third kappa shape index (κ3) is 1.69. The summed E-state index contributed by atoms with van der Waals surface area (Å²) in [6, 6.07) is 9.42. The van der Waals surface area contributed by atoms with Crippen LogP contribution in [0.3, 0.4) is 0 Å². The molecule has 1 aromatic carbocycles. The van der Waals surface area contributed by atoms with Crippen molar-refractivity contribution in [2.45, 2.75) is 6.92 Å². The van der Waals surface area contributed by atoms with E-state index in [4.69, 9.17) is 0 Å². The van der Waals surface area contributed by atoms with Gasteiger partial charge in [0.2, 0.25) is 0 Å². The summed E-state index contributed by atoms with van der Waals surface area (Å²) in [7, 11) is 0. The van der Waals surface area contributed by atoms with Crippen LogP contribution in [-0.4, -0.2) is 23.9 Å². The standard InChI is InChI=1S/C12H13NO/c1-10-7-8-13(9-10)12(14)11-5-3-2-4-6-11/h2-7H,8-9H2,1H3. The summed E-state index contributed by atoms with van der Waals surface area (Å²) >= 11 is 0. The molecule has 0 spiro atoms. The lowest BCUT2D eigenvalue weighted by Crippen LogP contribution is -2.28. The van der Waals surface area contributed by atoms with Gasteiger partial charge in [-0.25, -0.2) is 0 Å². The minimum atomic E-state index is 0.124. The number of hydrogen-bond acceptors (Lipinski definition) is 1. The van der Waals surface area contributed by atoms with E-state index in [1.807, 2.05) is 35.2 Å². The Morgan fingerprint density at radius 3 is 2.57 bits per heavy atom. The minimum Gasteiger partial charge on any atom is -0.331 e. The zero-order valence-electron chi connectivity index (χ0n) is 8.23. The molecular weight excluding hydrogens is 174 g/mol. The first-order valence-corrected chi connectivity index (χ1v) is 4.77. The normalized spacial score (nSPS) is 15.5. The van der Waals surface area contributed by atoms with E-state index in [0.717, 1.165) is 18.7 Å². The van der Waals surface area contributed by atoms with Crippen molar-refractivity contribution in [3.8, 4) is 0 Å². The van der Waals surface area contributed by atoms with Crippen LogP contribution in [0.2, 0.25) is 0 Å². The highest BCUT2D eigenvalue weighted by atomic mass is 16.2. The van der Waals surface area contributed by atoms with Crippen molar-refractivity contribution in [1.82, 2.24) is 4.90 Å². The van der Waals surface area contributed by atoms with E-state index in [1.54, 1.807) is 0 Å². The predicted molar refractivity (Wildman–Crippen MR) is 56.1 cm³/mol. The second kappa shape index (κ2) is 3.66. The first-order chi connectivity index (χ1) is 6.77. The van der Waals surface area contributed by atoms with Crippen molar-refractivity contribution in [1.29, 1.82) is 0 Å². The van der Waals surface area contributed by atoms with Crippen LogP contribution in [0.4, 0.5) is 0 Å². The van der Waals surface area contributed by atoms with E-state index in [1.165, 1.54) is 5.57 Å². The first-order valence-electron chi connectivity index (χ1n) is 4.77. The fraction of sp³-hybridized carbons (Fsp3) is 0.250. The van der Waals surface area contributed by atoms with Gasteiger partial charge in [0.15, 0.2) is 0 Å². The SMILES string of the molecule is CC1=CCN(C(=O)c2ccccc2)C1. The second-order valence-electron chi connectivity index (χ2n) is 3.60. The maximum Gasteiger partial charge on any atom is 0.254 e. The van der Waals surface area contributed by atoms with Gasteiger partial charge in [-0.05, 0) is 19.1 Å². The molecule has 72 valence electrons. The molecular formula is C12H13NO. The number of benzene rings is 1. The van der Waals surface area contributed by atoms with Crippen molar-refractivity contribution in [3.05, 3.63) is 47.5 Å². The van der Waals surface area contributed by atoms with Crippen molar-refractivity contribution < 1.29 is 4.79 Å². The van der Waals surface area contributed by atoms with Gasteiger partial charge in [0, 0.05) is 18.7 Å². The molecule has 0 fully saturated rings. The van der Waals surface area contributed by atoms with Crippen molar-refractivity contribution in [2.75, 3.05) is 13.1 Å². The molecule has 0 aromatic heterocycles. The maximum absolute atomic E-state index is 11.9. The van der Waals surface area contributed by atoms with Gasteiger partial charge >= 0.3 is 0 Å². The zero-order chi connectivity index (χ0) is 9.97. The van der Waals surface area contributed by atoms with Crippen LogP contribution in [0.1, 0.15) is 17.3 Å². The molecule has 1 aliphatic heterocycles. The molecule has 2 heteroatoms. The molecule has 2 nitrogen and oxygen atoms in total. The second-order valence-corrected chi connectivity index (χ2v) is 3.60. The van der Waals surface area contributed by atoms with Gasteiger partial charge in [-0.3, -0.25) is 4.79 Å². The summed E-state index contributed by atoms with van der Waals surface area (Å²) in [4.78, 5) is 13.7. The molecule has 0 aliphatic carbocycles. The van der Waals surface area contributed by atoms with Crippen LogP contribution in [-0.2, 0) is 0 Å². The Labute approximate surface area is 83.8 Å². The van der Waals surface area contributed by atoms with Crippen molar-refractivity contribution in [2.24, 2.45) is 0 Å². The molecule has 1 heterocycles. The summed E-state index contributed by atoms with van der Waals surface area (Å²) in [5.74, 6) is 0.124. The van der Waals surface area contributed by atoms with Gasteiger partial charge < -0.3 is 4.90 Å². The fourth-order valence-electron chi connectivity index (χ4n) is 1.61. The molecule has 0 saturated heterocycles. The highest BCUT2D eigenvalue weighted by Crippen LogP contribution is 2.12. The molecule has 1 aromatic rings. The zero-order valence-corrected chi connectivity index (χ0v) is 8.23. The smallest absolute Gasteiger partial charge is 0.254 e. The van der Waals surface area contributed by atoms with Gasteiger partial charge in [-0.1, -0.05) is 29.8 Å². The minimum absolute atomic E-state index is 0.124. The molecule has 1 amide bonds. The van der Waals surface area contributed by atoms with E-state index in [2.05, 4.69) is 13.0 Å². The van der Waals surface area contributed by atoms with Crippen LogP contribution < -0.4 is 0 Å². The monoisotopic (exact) mass is 187 g/mol. The van der Waals surface area contributed by atoms with Gasteiger partial charge in [-0.2, -0.15) is 0 Å². The molecule has 1 aliphatic rings. The highest BCUT2D eigenvalue weighted by molar-refractivity contribution is 5.94. The molecule has 2 rings (SSSR count). The molecule has 0 saturated carbocycles. The summed E-state index contributed by atoms with van der Waals surface area (Å²) in [5, 5.41) is 0. The number of carbonyl (C=O) groups is 1. The number of rotatable bonds is 1. The van der Waals surface area contributed by atoms with E-state index in [0.29, 0.717) is 0 Å².